The molecule has 0 heterocycles. The minimum Gasteiger partial charge on any atom is -0.329 e. The van der Waals surface area contributed by atoms with Gasteiger partial charge < -0.3 is 5.73 Å². The highest BCUT2D eigenvalue weighted by Gasteiger charge is 2.43. The molecule has 0 atom stereocenters. The molecule has 0 aromatic heterocycles. The van der Waals surface area contributed by atoms with Crippen LogP contribution in [0.2, 0.25) is 0 Å². The van der Waals surface area contributed by atoms with Crippen LogP contribution in [0.5, 0.6) is 0 Å². The zero-order valence-electron chi connectivity index (χ0n) is 12.7. The van der Waals surface area contributed by atoms with E-state index in [9.17, 15) is 8.42 Å². The quantitative estimate of drug-likeness (QED) is 0.783. The maximum atomic E-state index is 12.4. The third kappa shape index (κ3) is 3.70. The topological polar surface area (TPSA) is 63.4 Å². The summed E-state index contributed by atoms with van der Waals surface area (Å²) in [5.41, 5.74) is 5.66. The number of likely N-dealkylation sites (N-methyl/N-ethyl adjacent to an activating group) is 1. The fourth-order valence-electron chi connectivity index (χ4n) is 3.37. The maximum Gasteiger partial charge on any atom is 0.214 e. The second-order valence-corrected chi connectivity index (χ2v) is 7.77. The van der Waals surface area contributed by atoms with E-state index in [2.05, 4.69) is 6.92 Å². The van der Waals surface area contributed by atoms with Crippen molar-refractivity contribution < 1.29 is 8.42 Å². The van der Waals surface area contributed by atoms with Crippen molar-refractivity contribution in [2.45, 2.75) is 64.8 Å². The molecule has 0 radical (unpaired) electrons. The zero-order chi connectivity index (χ0) is 14.5. The smallest absolute Gasteiger partial charge is 0.214 e. The first kappa shape index (κ1) is 16.9. The largest absolute Gasteiger partial charge is 0.329 e. The van der Waals surface area contributed by atoms with Gasteiger partial charge in [-0.15, -0.1) is 0 Å². The van der Waals surface area contributed by atoms with Gasteiger partial charge in [-0.2, -0.15) is 4.31 Å². The molecule has 5 heteroatoms. The van der Waals surface area contributed by atoms with E-state index in [1.165, 1.54) is 6.42 Å². The number of sulfonamides is 1. The Morgan fingerprint density at radius 2 is 1.79 bits per heavy atom. The van der Waals surface area contributed by atoms with Crippen molar-refractivity contribution >= 4 is 10.0 Å². The van der Waals surface area contributed by atoms with Crippen LogP contribution in [0.4, 0.5) is 0 Å². The monoisotopic (exact) mass is 290 g/mol. The predicted octanol–water partition coefficient (Wildman–Crippen LogP) is 2.35. The first-order chi connectivity index (χ1) is 8.95. The van der Waals surface area contributed by atoms with E-state index in [0.29, 0.717) is 19.5 Å². The Kier molecular flexibility index (Phi) is 6.27. The molecule has 0 bridgehead atoms. The lowest BCUT2D eigenvalue weighted by Gasteiger charge is -2.46. The Balaban J connectivity index is 2.93. The van der Waals surface area contributed by atoms with Gasteiger partial charge in [-0.05, 0) is 38.0 Å². The molecule has 4 nitrogen and oxygen atoms in total. The molecule has 0 unspecified atom stereocenters. The van der Waals surface area contributed by atoms with Crippen LogP contribution >= 0.6 is 0 Å². The van der Waals surface area contributed by atoms with E-state index in [0.717, 1.165) is 31.6 Å². The molecule has 1 aliphatic carbocycles. The summed E-state index contributed by atoms with van der Waals surface area (Å²) < 4.78 is 26.6. The Bertz CT molecular complexity index is 360. The molecule has 0 aromatic rings. The average molecular weight is 290 g/mol. The van der Waals surface area contributed by atoms with E-state index in [4.69, 9.17) is 5.73 Å². The highest BCUT2D eigenvalue weighted by atomic mass is 32.2. The molecule has 1 rings (SSSR count). The van der Waals surface area contributed by atoms with Crippen LogP contribution in [0.1, 0.15) is 59.3 Å². The number of rotatable bonds is 7. The summed E-state index contributed by atoms with van der Waals surface area (Å²) in [5, 5.41) is 0. The molecule has 1 fully saturated rings. The fourth-order valence-corrected chi connectivity index (χ4v) is 5.35. The molecule has 0 aromatic carbocycles. The lowest BCUT2D eigenvalue weighted by atomic mass is 9.75. The van der Waals surface area contributed by atoms with E-state index in [-0.39, 0.29) is 11.3 Å². The van der Waals surface area contributed by atoms with Gasteiger partial charge in [0, 0.05) is 18.6 Å². The summed E-state index contributed by atoms with van der Waals surface area (Å²) in [4.78, 5) is 0. The van der Waals surface area contributed by atoms with E-state index in [1.54, 1.807) is 4.31 Å². The Morgan fingerprint density at radius 1 is 1.21 bits per heavy atom. The van der Waals surface area contributed by atoms with Crippen LogP contribution in [0.25, 0.3) is 0 Å². The maximum absolute atomic E-state index is 12.4. The summed E-state index contributed by atoms with van der Waals surface area (Å²) in [6, 6.07) is 0. The summed E-state index contributed by atoms with van der Waals surface area (Å²) in [5.74, 6) is 0.979. The van der Waals surface area contributed by atoms with Crippen molar-refractivity contribution in [1.29, 1.82) is 0 Å². The summed E-state index contributed by atoms with van der Waals surface area (Å²) in [7, 11) is -3.16. The predicted molar refractivity (Wildman–Crippen MR) is 80.5 cm³/mol. The van der Waals surface area contributed by atoms with Crippen LogP contribution in [-0.2, 0) is 10.0 Å². The highest BCUT2D eigenvalue weighted by molar-refractivity contribution is 7.89. The Morgan fingerprint density at radius 3 is 2.16 bits per heavy atom. The molecule has 114 valence electrons. The van der Waals surface area contributed by atoms with Gasteiger partial charge in [0.25, 0.3) is 0 Å². The van der Waals surface area contributed by atoms with Gasteiger partial charge in [0.2, 0.25) is 10.0 Å². The minimum absolute atomic E-state index is 0.236. The molecule has 19 heavy (non-hydrogen) atoms. The number of hydrogen-bond acceptors (Lipinski definition) is 3. The third-order valence-electron chi connectivity index (χ3n) is 4.61. The molecule has 0 amide bonds. The van der Waals surface area contributed by atoms with Crippen molar-refractivity contribution in [3.8, 4) is 0 Å². The van der Waals surface area contributed by atoms with Gasteiger partial charge in [-0.3, -0.25) is 0 Å². The molecule has 1 aliphatic rings. The Labute approximate surface area is 118 Å². The van der Waals surface area contributed by atoms with Crippen molar-refractivity contribution in [2.75, 3.05) is 18.8 Å². The molecule has 2 N–H and O–H groups in total. The average Bonchev–Trinajstić information content (AvgIpc) is 2.39. The standard InChI is InChI=1S/C14H30N2O2S/c1-4-11-19(17,18)16(6-3)14(12-15)9-7-13(5-2)8-10-14/h13H,4-12,15H2,1-3H3. The second-order valence-electron chi connectivity index (χ2n) is 5.76. The van der Waals surface area contributed by atoms with Crippen molar-refractivity contribution in [3.05, 3.63) is 0 Å². The van der Waals surface area contributed by atoms with Crippen LogP contribution in [0, 0.1) is 5.92 Å². The van der Waals surface area contributed by atoms with Gasteiger partial charge >= 0.3 is 0 Å². The Hall–Kier alpha value is -0.130. The van der Waals surface area contributed by atoms with Gasteiger partial charge in [0.1, 0.15) is 0 Å². The number of hydrogen-bond donors (Lipinski definition) is 1. The van der Waals surface area contributed by atoms with Crippen LogP contribution in [0.3, 0.4) is 0 Å². The lowest BCUT2D eigenvalue weighted by molar-refractivity contribution is 0.114. The van der Waals surface area contributed by atoms with E-state index >= 15 is 0 Å². The van der Waals surface area contributed by atoms with Crippen molar-refractivity contribution in [1.82, 2.24) is 4.31 Å². The highest BCUT2D eigenvalue weighted by Crippen LogP contribution is 2.38. The van der Waals surface area contributed by atoms with Crippen LogP contribution in [-0.4, -0.2) is 37.1 Å². The van der Waals surface area contributed by atoms with Gasteiger partial charge in [-0.25, -0.2) is 8.42 Å². The third-order valence-corrected chi connectivity index (χ3v) is 6.85. The lowest BCUT2D eigenvalue weighted by Crippen LogP contribution is -2.58. The van der Waals surface area contributed by atoms with E-state index < -0.39 is 10.0 Å². The first-order valence-corrected chi connectivity index (χ1v) is 9.27. The normalized spacial score (nSPS) is 28.8. The molecule has 0 aliphatic heterocycles. The van der Waals surface area contributed by atoms with E-state index in [1.807, 2.05) is 13.8 Å². The van der Waals surface area contributed by atoms with Crippen molar-refractivity contribution in [2.24, 2.45) is 11.7 Å². The van der Waals surface area contributed by atoms with Gasteiger partial charge in [0.15, 0.2) is 0 Å². The SMILES string of the molecule is CCCS(=O)(=O)N(CC)C1(CN)CCC(CC)CC1. The molecular formula is C14H30N2O2S. The molecule has 0 saturated heterocycles. The second kappa shape index (κ2) is 7.04. The molecule has 0 spiro atoms. The van der Waals surface area contributed by atoms with Crippen LogP contribution in [0.15, 0.2) is 0 Å². The van der Waals surface area contributed by atoms with Crippen LogP contribution < -0.4 is 5.73 Å². The molecular weight excluding hydrogens is 260 g/mol. The summed E-state index contributed by atoms with van der Waals surface area (Å²) >= 11 is 0. The minimum atomic E-state index is -3.16. The van der Waals surface area contributed by atoms with Gasteiger partial charge in [-0.1, -0.05) is 27.2 Å². The van der Waals surface area contributed by atoms with Gasteiger partial charge in [0.05, 0.1) is 5.75 Å². The zero-order valence-corrected chi connectivity index (χ0v) is 13.5. The summed E-state index contributed by atoms with van der Waals surface area (Å²) in [6.45, 7) is 7.03. The number of nitrogens with zero attached hydrogens (tertiary/aromatic N) is 1. The van der Waals surface area contributed by atoms with Crippen molar-refractivity contribution in [3.63, 3.8) is 0 Å². The molecule has 1 saturated carbocycles. The fraction of sp³-hybridized carbons (Fsp3) is 1.00. The number of nitrogens with two attached hydrogens (primary N) is 1. The summed E-state index contributed by atoms with van der Waals surface area (Å²) in [6.07, 6.45) is 5.89. The first-order valence-electron chi connectivity index (χ1n) is 7.66.